The fraction of sp³-hybridized carbons (Fsp3) is 0.412. The minimum atomic E-state index is 0.783. The van der Waals surface area contributed by atoms with Crippen molar-refractivity contribution < 1.29 is 0 Å². The molecule has 2 heteroatoms. The highest BCUT2D eigenvalue weighted by atomic mass is 15.1. The predicted octanol–water partition coefficient (Wildman–Crippen LogP) is 3.28. The summed E-state index contributed by atoms with van der Waals surface area (Å²) in [5, 5.41) is 6.14. The highest BCUT2D eigenvalue weighted by Crippen LogP contribution is 2.22. The molecule has 1 atom stereocenters. The number of hydrogen-bond donors (Lipinski definition) is 1. The van der Waals surface area contributed by atoms with Gasteiger partial charge in [-0.25, -0.2) is 0 Å². The van der Waals surface area contributed by atoms with E-state index in [1.165, 1.54) is 35.8 Å². The molecule has 2 nitrogen and oxygen atoms in total. The third-order valence-electron chi connectivity index (χ3n) is 4.10. The number of nitrogens with one attached hydrogen (secondary N) is 1. The summed E-state index contributed by atoms with van der Waals surface area (Å²) in [5.74, 6) is 0.783. The van der Waals surface area contributed by atoms with Gasteiger partial charge >= 0.3 is 0 Å². The van der Waals surface area contributed by atoms with Gasteiger partial charge < -0.3 is 10.2 Å². The summed E-state index contributed by atoms with van der Waals surface area (Å²) in [6.45, 7) is 3.50. The van der Waals surface area contributed by atoms with Gasteiger partial charge in [0.15, 0.2) is 0 Å². The van der Waals surface area contributed by atoms with Crippen LogP contribution in [0.2, 0.25) is 0 Å². The van der Waals surface area contributed by atoms with E-state index in [4.69, 9.17) is 0 Å². The number of benzene rings is 2. The standard InChI is InChI=1S/C17H22N2/c1-19(13-14-5-4-10-18-12-14)17-9-8-15-6-2-3-7-16(15)11-17/h2-3,6-9,11,14,18H,4-5,10,12-13H2,1H3. The first-order valence-electron chi connectivity index (χ1n) is 7.23. The molecule has 0 amide bonds. The van der Waals surface area contributed by atoms with Gasteiger partial charge in [0.1, 0.15) is 0 Å². The second kappa shape index (κ2) is 5.62. The molecule has 0 radical (unpaired) electrons. The molecule has 1 N–H and O–H groups in total. The van der Waals surface area contributed by atoms with Gasteiger partial charge in [0.25, 0.3) is 0 Å². The minimum Gasteiger partial charge on any atom is -0.374 e. The topological polar surface area (TPSA) is 15.3 Å². The Hall–Kier alpha value is -1.54. The smallest absolute Gasteiger partial charge is 0.0370 e. The molecule has 0 aromatic heterocycles. The number of nitrogens with zero attached hydrogens (tertiary/aromatic N) is 1. The fourth-order valence-electron chi connectivity index (χ4n) is 2.99. The van der Waals surface area contributed by atoms with Crippen LogP contribution in [0.25, 0.3) is 10.8 Å². The Labute approximate surface area is 115 Å². The van der Waals surface area contributed by atoms with Crippen LogP contribution in [0.1, 0.15) is 12.8 Å². The van der Waals surface area contributed by atoms with Crippen molar-refractivity contribution in [3.8, 4) is 0 Å². The number of fused-ring (bicyclic) bond motifs is 1. The van der Waals surface area contributed by atoms with Gasteiger partial charge in [0.05, 0.1) is 0 Å². The summed E-state index contributed by atoms with van der Waals surface area (Å²) in [4.78, 5) is 2.39. The van der Waals surface area contributed by atoms with E-state index in [0.29, 0.717) is 0 Å². The van der Waals surface area contributed by atoms with Gasteiger partial charge in [-0.2, -0.15) is 0 Å². The van der Waals surface area contributed by atoms with Gasteiger partial charge in [-0.05, 0) is 54.8 Å². The van der Waals surface area contributed by atoms with E-state index in [2.05, 4.69) is 59.7 Å². The second-order valence-electron chi connectivity index (χ2n) is 5.62. The molecule has 3 rings (SSSR count). The first-order valence-corrected chi connectivity index (χ1v) is 7.23. The molecule has 1 saturated heterocycles. The monoisotopic (exact) mass is 254 g/mol. The van der Waals surface area contributed by atoms with E-state index < -0.39 is 0 Å². The molecule has 19 heavy (non-hydrogen) atoms. The Morgan fingerprint density at radius 3 is 2.79 bits per heavy atom. The summed E-state index contributed by atoms with van der Waals surface area (Å²) < 4.78 is 0. The van der Waals surface area contributed by atoms with Gasteiger partial charge in [0, 0.05) is 19.3 Å². The highest BCUT2D eigenvalue weighted by Gasteiger charge is 2.15. The van der Waals surface area contributed by atoms with Crippen LogP contribution in [0.4, 0.5) is 5.69 Å². The van der Waals surface area contributed by atoms with Gasteiger partial charge in [-0.3, -0.25) is 0 Å². The molecule has 1 heterocycles. The average molecular weight is 254 g/mol. The third kappa shape index (κ3) is 2.90. The SMILES string of the molecule is CN(CC1CCCNC1)c1ccc2ccccc2c1. The van der Waals surface area contributed by atoms with Crippen molar-refractivity contribution in [1.29, 1.82) is 0 Å². The summed E-state index contributed by atoms with van der Waals surface area (Å²) in [6, 6.07) is 15.3. The number of hydrogen-bond acceptors (Lipinski definition) is 2. The van der Waals surface area contributed by atoms with Crippen molar-refractivity contribution in [3.05, 3.63) is 42.5 Å². The molecule has 0 aliphatic carbocycles. The Kier molecular flexibility index (Phi) is 3.69. The number of rotatable bonds is 3. The van der Waals surface area contributed by atoms with E-state index >= 15 is 0 Å². The van der Waals surface area contributed by atoms with Crippen LogP contribution in [-0.2, 0) is 0 Å². The molecule has 2 aromatic rings. The summed E-state index contributed by atoms with van der Waals surface area (Å²) >= 11 is 0. The van der Waals surface area contributed by atoms with E-state index in [-0.39, 0.29) is 0 Å². The molecular weight excluding hydrogens is 232 g/mol. The molecule has 2 aromatic carbocycles. The maximum atomic E-state index is 3.49. The lowest BCUT2D eigenvalue weighted by atomic mass is 9.99. The van der Waals surface area contributed by atoms with Crippen LogP contribution >= 0.6 is 0 Å². The second-order valence-corrected chi connectivity index (χ2v) is 5.62. The minimum absolute atomic E-state index is 0.783. The molecule has 0 saturated carbocycles. The zero-order valence-electron chi connectivity index (χ0n) is 11.6. The van der Waals surface area contributed by atoms with Gasteiger partial charge in [-0.1, -0.05) is 30.3 Å². The molecule has 0 bridgehead atoms. The molecule has 1 fully saturated rings. The summed E-state index contributed by atoms with van der Waals surface area (Å²) in [7, 11) is 2.21. The van der Waals surface area contributed by atoms with Crippen LogP contribution in [-0.4, -0.2) is 26.7 Å². The zero-order chi connectivity index (χ0) is 13.1. The lowest BCUT2D eigenvalue weighted by Gasteiger charge is -2.29. The quantitative estimate of drug-likeness (QED) is 0.904. The summed E-state index contributed by atoms with van der Waals surface area (Å²) in [6.07, 6.45) is 2.67. The van der Waals surface area contributed by atoms with Crippen LogP contribution in [0.3, 0.4) is 0 Å². The van der Waals surface area contributed by atoms with Crippen molar-refractivity contribution in [2.45, 2.75) is 12.8 Å². The van der Waals surface area contributed by atoms with E-state index in [1.54, 1.807) is 0 Å². The molecule has 100 valence electrons. The van der Waals surface area contributed by atoms with Crippen molar-refractivity contribution in [2.24, 2.45) is 5.92 Å². The maximum absolute atomic E-state index is 3.49. The normalized spacial score (nSPS) is 19.5. The van der Waals surface area contributed by atoms with Gasteiger partial charge in [-0.15, -0.1) is 0 Å². The largest absolute Gasteiger partial charge is 0.374 e. The first kappa shape index (κ1) is 12.5. The van der Waals surface area contributed by atoms with Gasteiger partial charge in [0.2, 0.25) is 0 Å². The zero-order valence-corrected chi connectivity index (χ0v) is 11.6. The Morgan fingerprint density at radius 1 is 1.16 bits per heavy atom. The van der Waals surface area contributed by atoms with Crippen molar-refractivity contribution >= 4 is 16.5 Å². The molecule has 1 aliphatic rings. The van der Waals surface area contributed by atoms with Crippen LogP contribution in [0.5, 0.6) is 0 Å². The molecule has 1 unspecified atom stereocenters. The van der Waals surface area contributed by atoms with Crippen molar-refractivity contribution in [1.82, 2.24) is 5.32 Å². The Morgan fingerprint density at radius 2 is 2.00 bits per heavy atom. The number of anilines is 1. The number of piperidine rings is 1. The van der Waals surface area contributed by atoms with Crippen LogP contribution < -0.4 is 10.2 Å². The van der Waals surface area contributed by atoms with Crippen LogP contribution in [0, 0.1) is 5.92 Å². The van der Waals surface area contributed by atoms with Crippen molar-refractivity contribution in [3.63, 3.8) is 0 Å². The fourth-order valence-corrected chi connectivity index (χ4v) is 2.99. The van der Waals surface area contributed by atoms with E-state index in [9.17, 15) is 0 Å². The predicted molar refractivity (Wildman–Crippen MR) is 82.8 cm³/mol. The molecule has 0 spiro atoms. The lowest BCUT2D eigenvalue weighted by Crippen LogP contribution is -2.36. The summed E-state index contributed by atoms with van der Waals surface area (Å²) in [5.41, 5.74) is 1.32. The average Bonchev–Trinajstić information content (AvgIpc) is 2.48. The first-order chi connectivity index (χ1) is 9.33. The Balaban J connectivity index is 1.75. The lowest BCUT2D eigenvalue weighted by molar-refractivity contribution is 0.381. The van der Waals surface area contributed by atoms with E-state index in [0.717, 1.165) is 19.0 Å². The highest BCUT2D eigenvalue weighted by molar-refractivity contribution is 5.85. The molecular formula is C17H22N2. The maximum Gasteiger partial charge on any atom is 0.0370 e. The third-order valence-corrected chi connectivity index (χ3v) is 4.10. The van der Waals surface area contributed by atoms with E-state index in [1.807, 2.05) is 0 Å². The van der Waals surface area contributed by atoms with Crippen molar-refractivity contribution in [2.75, 3.05) is 31.6 Å². The van der Waals surface area contributed by atoms with Crippen LogP contribution in [0.15, 0.2) is 42.5 Å². The Bertz CT molecular complexity index is 544. The molecule has 1 aliphatic heterocycles.